The van der Waals surface area contributed by atoms with Crippen LogP contribution in [0, 0.1) is 0 Å². The monoisotopic (exact) mass is 334 g/mol. The predicted molar refractivity (Wildman–Crippen MR) is 97.9 cm³/mol. The summed E-state index contributed by atoms with van der Waals surface area (Å²) in [4.78, 5) is 16.5. The molecule has 1 N–H and O–H groups in total. The number of carbonyl (C=O) groups is 1. The molecule has 1 amide bonds. The van der Waals surface area contributed by atoms with Crippen molar-refractivity contribution in [3.8, 4) is 11.1 Å². The summed E-state index contributed by atoms with van der Waals surface area (Å²) in [5, 5.41) is 7.38. The van der Waals surface area contributed by atoms with Crippen LogP contribution in [0.25, 0.3) is 11.1 Å². The normalized spacial score (nSPS) is 11.9. The molecule has 2 heterocycles. The van der Waals surface area contributed by atoms with Crippen LogP contribution < -0.4 is 5.32 Å². The Labute approximate surface area is 147 Å². The zero-order valence-corrected chi connectivity index (χ0v) is 14.3. The number of rotatable bonds is 7. The molecule has 0 radical (unpaired) electrons. The summed E-state index contributed by atoms with van der Waals surface area (Å²) in [6, 6.07) is 13.8. The van der Waals surface area contributed by atoms with Gasteiger partial charge in [-0.25, -0.2) is 0 Å². The largest absolute Gasteiger partial charge is 0.354 e. The third-order valence-electron chi connectivity index (χ3n) is 4.21. The molecule has 2 aromatic heterocycles. The number of benzene rings is 1. The number of hydrogen-bond donors (Lipinski definition) is 1. The molecule has 0 fully saturated rings. The van der Waals surface area contributed by atoms with Crippen molar-refractivity contribution in [3.05, 3.63) is 72.8 Å². The molecular formula is C20H22N4O. The Morgan fingerprint density at radius 3 is 2.60 bits per heavy atom. The van der Waals surface area contributed by atoms with Gasteiger partial charge in [0.1, 0.15) is 0 Å². The highest BCUT2D eigenvalue weighted by Gasteiger charge is 2.17. The standard InChI is InChI=1S/C20H22N4O/c1-2-19(17-6-4-3-5-7-17)20(25)22-12-13-24-15-18(14-23-24)16-8-10-21-11-9-16/h3-11,14-15,19H,2,12-13H2,1H3,(H,22,25)/t19-/m0/s1. The molecule has 0 unspecified atom stereocenters. The van der Waals surface area contributed by atoms with E-state index in [1.54, 1.807) is 12.4 Å². The minimum absolute atomic E-state index is 0.0650. The zero-order chi connectivity index (χ0) is 17.5. The van der Waals surface area contributed by atoms with E-state index in [1.807, 2.05) is 66.5 Å². The minimum Gasteiger partial charge on any atom is -0.354 e. The molecule has 0 bridgehead atoms. The molecule has 5 heteroatoms. The van der Waals surface area contributed by atoms with E-state index in [-0.39, 0.29) is 11.8 Å². The number of hydrogen-bond acceptors (Lipinski definition) is 3. The van der Waals surface area contributed by atoms with Crippen molar-refractivity contribution >= 4 is 5.91 Å². The van der Waals surface area contributed by atoms with E-state index in [0.717, 1.165) is 23.1 Å². The van der Waals surface area contributed by atoms with Crippen molar-refractivity contribution < 1.29 is 4.79 Å². The van der Waals surface area contributed by atoms with Gasteiger partial charge in [0.2, 0.25) is 5.91 Å². The first-order valence-corrected chi connectivity index (χ1v) is 8.53. The van der Waals surface area contributed by atoms with Gasteiger partial charge in [-0.15, -0.1) is 0 Å². The van der Waals surface area contributed by atoms with Crippen LogP contribution in [0.3, 0.4) is 0 Å². The van der Waals surface area contributed by atoms with Gasteiger partial charge >= 0.3 is 0 Å². The van der Waals surface area contributed by atoms with Crippen LogP contribution in [0.1, 0.15) is 24.8 Å². The quantitative estimate of drug-likeness (QED) is 0.721. The molecule has 25 heavy (non-hydrogen) atoms. The molecular weight excluding hydrogens is 312 g/mol. The van der Waals surface area contributed by atoms with E-state index in [0.29, 0.717) is 13.1 Å². The first-order valence-electron chi connectivity index (χ1n) is 8.53. The van der Waals surface area contributed by atoms with Gasteiger partial charge < -0.3 is 5.32 Å². The highest BCUT2D eigenvalue weighted by molar-refractivity contribution is 5.83. The number of nitrogens with one attached hydrogen (secondary N) is 1. The lowest BCUT2D eigenvalue weighted by atomic mass is 9.96. The van der Waals surface area contributed by atoms with E-state index in [2.05, 4.69) is 15.4 Å². The van der Waals surface area contributed by atoms with Gasteiger partial charge in [-0.1, -0.05) is 37.3 Å². The molecule has 3 aromatic rings. The lowest BCUT2D eigenvalue weighted by Gasteiger charge is -2.15. The Hall–Kier alpha value is -2.95. The fraction of sp³-hybridized carbons (Fsp3) is 0.250. The molecule has 5 nitrogen and oxygen atoms in total. The SMILES string of the molecule is CC[C@H](C(=O)NCCn1cc(-c2ccncc2)cn1)c1ccccc1. The average Bonchev–Trinajstić information content (AvgIpc) is 3.13. The first-order chi connectivity index (χ1) is 12.3. The van der Waals surface area contributed by atoms with Crippen molar-refractivity contribution in [2.75, 3.05) is 6.54 Å². The molecule has 0 aliphatic carbocycles. The lowest BCUT2D eigenvalue weighted by molar-refractivity contribution is -0.122. The molecule has 0 saturated heterocycles. The highest BCUT2D eigenvalue weighted by Crippen LogP contribution is 2.19. The Bertz CT molecular complexity index is 799. The summed E-state index contributed by atoms with van der Waals surface area (Å²) in [7, 11) is 0. The van der Waals surface area contributed by atoms with Crippen molar-refractivity contribution in [1.82, 2.24) is 20.1 Å². The highest BCUT2D eigenvalue weighted by atomic mass is 16.1. The molecule has 1 atom stereocenters. The summed E-state index contributed by atoms with van der Waals surface area (Å²) >= 11 is 0. The van der Waals surface area contributed by atoms with Crippen LogP contribution in [-0.2, 0) is 11.3 Å². The third-order valence-corrected chi connectivity index (χ3v) is 4.21. The van der Waals surface area contributed by atoms with E-state index in [9.17, 15) is 4.79 Å². The van der Waals surface area contributed by atoms with Crippen LogP contribution in [0.4, 0.5) is 0 Å². The second-order valence-corrected chi connectivity index (χ2v) is 5.89. The second kappa shape index (κ2) is 8.24. The summed E-state index contributed by atoms with van der Waals surface area (Å²) in [6.45, 7) is 3.23. The number of pyridine rings is 1. The van der Waals surface area contributed by atoms with E-state index in [1.165, 1.54) is 0 Å². The minimum atomic E-state index is -0.105. The number of nitrogens with zero attached hydrogens (tertiary/aromatic N) is 3. The molecule has 3 rings (SSSR count). The van der Waals surface area contributed by atoms with Gasteiger partial charge in [0.25, 0.3) is 0 Å². The first kappa shape index (κ1) is 16.9. The van der Waals surface area contributed by atoms with Crippen LogP contribution in [0.5, 0.6) is 0 Å². The fourth-order valence-corrected chi connectivity index (χ4v) is 2.85. The topological polar surface area (TPSA) is 59.8 Å². The van der Waals surface area contributed by atoms with Gasteiger partial charge in [0, 0.05) is 30.7 Å². The van der Waals surface area contributed by atoms with Gasteiger partial charge in [-0.3, -0.25) is 14.5 Å². The number of carbonyl (C=O) groups excluding carboxylic acids is 1. The summed E-state index contributed by atoms with van der Waals surface area (Å²) in [5.41, 5.74) is 3.19. The van der Waals surface area contributed by atoms with E-state index >= 15 is 0 Å². The number of aromatic nitrogens is 3. The average molecular weight is 334 g/mol. The summed E-state index contributed by atoms with van der Waals surface area (Å²) in [5.74, 6) is -0.0404. The lowest BCUT2D eigenvalue weighted by Crippen LogP contribution is -2.31. The van der Waals surface area contributed by atoms with Gasteiger partial charge in [-0.2, -0.15) is 5.10 Å². The smallest absolute Gasteiger partial charge is 0.227 e. The Balaban J connectivity index is 1.54. The maximum atomic E-state index is 12.4. The van der Waals surface area contributed by atoms with Crippen molar-refractivity contribution in [1.29, 1.82) is 0 Å². The van der Waals surface area contributed by atoms with E-state index < -0.39 is 0 Å². The molecule has 128 valence electrons. The van der Waals surface area contributed by atoms with Gasteiger partial charge in [0.05, 0.1) is 18.7 Å². The third kappa shape index (κ3) is 4.32. The van der Waals surface area contributed by atoms with Crippen LogP contribution >= 0.6 is 0 Å². The second-order valence-electron chi connectivity index (χ2n) is 5.89. The summed E-state index contributed by atoms with van der Waals surface area (Å²) < 4.78 is 1.85. The van der Waals surface area contributed by atoms with Crippen molar-refractivity contribution in [2.24, 2.45) is 0 Å². The van der Waals surface area contributed by atoms with Crippen molar-refractivity contribution in [3.63, 3.8) is 0 Å². The predicted octanol–water partition coefficient (Wildman–Crippen LogP) is 3.26. The van der Waals surface area contributed by atoms with Crippen LogP contribution in [0.2, 0.25) is 0 Å². The Kier molecular flexibility index (Phi) is 5.57. The van der Waals surface area contributed by atoms with E-state index in [4.69, 9.17) is 0 Å². The van der Waals surface area contributed by atoms with Gasteiger partial charge in [0.15, 0.2) is 0 Å². The Morgan fingerprint density at radius 2 is 1.88 bits per heavy atom. The Morgan fingerprint density at radius 1 is 1.12 bits per heavy atom. The fourth-order valence-electron chi connectivity index (χ4n) is 2.85. The zero-order valence-electron chi connectivity index (χ0n) is 14.3. The molecule has 0 spiro atoms. The molecule has 0 saturated carbocycles. The summed E-state index contributed by atoms with van der Waals surface area (Å²) in [6.07, 6.45) is 8.12. The molecule has 0 aliphatic heterocycles. The molecule has 0 aliphatic rings. The van der Waals surface area contributed by atoms with Crippen LogP contribution in [-0.4, -0.2) is 27.2 Å². The maximum absolute atomic E-state index is 12.4. The number of amides is 1. The molecule has 1 aromatic carbocycles. The van der Waals surface area contributed by atoms with Gasteiger partial charge in [-0.05, 0) is 29.7 Å². The maximum Gasteiger partial charge on any atom is 0.227 e. The van der Waals surface area contributed by atoms with Crippen molar-refractivity contribution in [2.45, 2.75) is 25.8 Å². The van der Waals surface area contributed by atoms with Crippen LogP contribution in [0.15, 0.2) is 67.3 Å².